The minimum absolute atomic E-state index is 0.303. The molecule has 0 aromatic carbocycles. The van der Waals surface area contributed by atoms with Gasteiger partial charge >= 0.3 is 0 Å². The van der Waals surface area contributed by atoms with Crippen LogP contribution in [0.5, 0.6) is 0 Å². The lowest BCUT2D eigenvalue weighted by Gasteiger charge is -2.37. The minimum Gasteiger partial charge on any atom is -0.375 e. The number of nitrogens with zero attached hydrogens (tertiary/aromatic N) is 2. The second kappa shape index (κ2) is 7.73. The minimum atomic E-state index is 0.303. The highest BCUT2D eigenvalue weighted by Crippen LogP contribution is 2.33. The molecule has 2 heterocycles. The zero-order valence-corrected chi connectivity index (χ0v) is 15.5. The van der Waals surface area contributed by atoms with Gasteiger partial charge in [-0.3, -0.25) is 5.10 Å². The van der Waals surface area contributed by atoms with E-state index in [1.54, 1.807) is 12.4 Å². The molecular weight excluding hydrogens is 296 g/mol. The van der Waals surface area contributed by atoms with E-state index in [2.05, 4.69) is 60.9 Å². The second-order valence-corrected chi connectivity index (χ2v) is 8.05. The van der Waals surface area contributed by atoms with Gasteiger partial charge < -0.3 is 10.2 Å². The fourth-order valence-electron chi connectivity index (χ4n) is 3.40. The van der Waals surface area contributed by atoms with Crippen molar-refractivity contribution in [1.29, 1.82) is 0 Å². The fraction of sp³-hybridized carbons (Fsp3) is 0.550. The molecule has 132 valence electrons. The van der Waals surface area contributed by atoms with Crippen molar-refractivity contribution >= 4 is 11.3 Å². The van der Waals surface area contributed by atoms with Crippen LogP contribution in [0.3, 0.4) is 0 Å². The first-order valence-corrected chi connectivity index (χ1v) is 8.82. The summed E-state index contributed by atoms with van der Waals surface area (Å²) in [6.07, 6.45) is 7.91. The van der Waals surface area contributed by atoms with Crippen LogP contribution in [0.25, 0.3) is 5.57 Å². The molecule has 2 rings (SSSR count). The molecule has 0 radical (unpaired) electrons. The van der Waals surface area contributed by atoms with Crippen LogP contribution in [0.2, 0.25) is 0 Å². The molecule has 1 aromatic heterocycles. The molecule has 1 aliphatic heterocycles. The number of H-pyrrole nitrogens is 1. The van der Waals surface area contributed by atoms with Gasteiger partial charge in [-0.25, -0.2) is 0 Å². The Kier molecular flexibility index (Phi) is 5.92. The summed E-state index contributed by atoms with van der Waals surface area (Å²) in [6, 6.07) is 0. The van der Waals surface area contributed by atoms with Gasteiger partial charge in [0.2, 0.25) is 0 Å². The van der Waals surface area contributed by atoms with E-state index >= 15 is 0 Å². The molecule has 1 aliphatic rings. The number of aromatic nitrogens is 2. The van der Waals surface area contributed by atoms with Gasteiger partial charge in [0, 0.05) is 18.8 Å². The van der Waals surface area contributed by atoms with E-state index in [1.807, 2.05) is 0 Å². The number of nitrogens with one attached hydrogen (secondary N) is 2. The highest BCUT2D eigenvalue weighted by molar-refractivity contribution is 5.72. The number of likely N-dealkylation sites (tertiary alicyclic amines) is 1. The zero-order valence-electron chi connectivity index (χ0n) is 15.5. The second-order valence-electron chi connectivity index (χ2n) is 8.05. The van der Waals surface area contributed by atoms with Crippen molar-refractivity contribution in [3.8, 4) is 0 Å². The lowest BCUT2D eigenvalue weighted by atomic mass is 9.87. The maximum absolute atomic E-state index is 4.30. The Morgan fingerprint density at radius 3 is 2.62 bits per heavy atom. The summed E-state index contributed by atoms with van der Waals surface area (Å²) in [4.78, 5) is 2.46. The largest absolute Gasteiger partial charge is 0.375 e. The summed E-state index contributed by atoms with van der Waals surface area (Å²) in [6.45, 7) is 21.3. The van der Waals surface area contributed by atoms with E-state index < -0.39 is 0 Å². The first-order valence-electron chi connectivity index (χ1n) is 8.82. The molecule has 0 aliphatic carbocycles. The molecule has 24 heavy (non-hydrogen) atoms. The maximum Gasteiger partial charge on any atom is 0.0840 e. The summed E-state index contributed by atoms with van der Waals surface area (Å²) in [5.74, 6) is 0.677. The van der Waals surface area contributed by atoms with Crippen molar-refractivity contribution in [3.63, 3.8) is 0 Å². The third-order valence-corrected chi connectivity index (χ3v) is 4.58. The molecule has 0 unspecified atom stereocenters. The first kappa shape index (κ1) is 18.4. The number of piperidine rings is 1. The predicted octanol–water partition coefficient (Wildman–Crippen LogP) is 5.03. The predicted molar refractivity (Wildman–Crippen MR) is 104 cm³/mol. The lowest BCUT2D eigenvalue weighted by Crippen LogP contribution is -2.34. The normalized spacial score (nSPS) is 16.0. The molecule has 0 bridgehead atoms. The number of anilines is 1. The summed E-state index contributed by atoms with van der Waals surface area (Å²) in [5.41, 5.74) is 4.65. The molecule has 0 amide bonds. The van der Waals surface area contributed by atoms with E-state index in [0.29, 0.717) is 11.3 Å². The first-order chi connectivity index (χ1) is 11.3. The van der Waals surface area contributed by atoms with Crippen LogP contribution in [-0.4, -0.2) is 28.2 Å². The van der Waals surface area contributed by atoms with Gasteiger partial charge in [-0.1, -0.05) is 40.5 Å². The van der Waals surface area contributed by atoms with E-state index in [0.717, 1.165) is 42.9 Å². The average molecular weight is 329 g/mol. The van der Waals surface area contributed by atoms with Gasteiger partial charge in [0.25, 0.3) is 0 Å². The van der Waals surface area contributed by atoms with Gasteiger partial charge in [0.1, 0.15) is 0 Å². The smallest absolute Gasteiger partial charge is 0.0840 e. The monoisotopic (exact) mass is 328 g/mol. The Morgan fingerprint density at radius 2 is 2.04 bits per heavy atom. The molecule has 1 fully saturated rings. The Bertz CT molecular complexity index is 583. The van der Waals surface area contributed by atoms with Crippen molar-refractivity contribution in [2.24, 2.45) is 11.3 Å². The molecule has 4 nitrogen and oxygen atoms in total. The number of hydrogen-bond acceptors (Lipinski definition) is 3. The summed E-state index contributed by atoms with van der Waals surface area (Å²) < 4.78 is 0. The Morgan fingerprint density at radius 1 is 1.38 bits per heavy atom. The standard InChI is InChI=1S/C20H32N4/c1-7-21-18-14-22-23-19(18)15(2)12-17-8-10-24(11-9-17)16(3)13-20(4,5)6/h7,14,17,21H,1-3,8-13H2,4-6H3,(H,22,23). The van der Waals surface area contributed by atoms with Crippen LogP contribution in [-0.2, 0) is 0 Å². The zero-order chi connectivity index (χ0) is 17.7. The van der Waals surface area contributed by atoms with E-state index in [4.69, 9.17) is 0 Å². The van der Waals surface area contributed by atoms with Crippen LogP contribution in [0.4, 0.5) is 5.69 Å². The van der Waals surface area contributed by atoms with Crippen LogP contribution in [0, 0.1) is 11.3 Å². The van der Waals surface area contributed by atoms with Crippen molar-refractivity contribution < 1.29 is 0 Å². The van der Waals surface area contributed by atoms with Gasteiger partial charge in [0.05, 0.1) is 17.6 Å². The Hall–Kier alpha value is -1.97. The number of hydrogen-bond donors (Lipinski definition) is 2. The number of allylic oxidation sites excluding steroid dienone is 2. The summed E-state index contributed by atoms with van der Waals surface area (Å²) in [7, 11) is 0. The topological polar surface area (TPSA) is 44.0 Å². The van der Waals surface area contributed by atoms with Gasteiger partial charge in [-0.2, -0.15) is 5.10 Å². The summed E-state index contributed by atoms with van der Waals surface area (Å²) in [5, 5.41) is 10.3. The highest BCUT2D eigenvalue weighted by atomic mass is 15.1. The van der Waals surface area contributed by atoms with Gasteiger partial charge in [-0.05, 0) is 48.8 Å². The van der Waals surface area contributed by atoms with E-state index in [9.17, 15) is 0 Å². The molecule has 2 N–H and O–H groups in total. The molecule has 0 spiro atoms. The maximum atomic E-state index is 4.30. The SMILES string of the molecule is C=CNc1cn[nH]c1C(=C)CC1CCN(C(=C)CC(C)(C)C)CC1. The van der Waals surface area contributed by atoms with Gasteiger partial charge in [-0.15, -0.1) is 0 Å². The average Bonchev–Trinajstić information content (AvgIpc) is 2.95. The third kappa shape index (κ3) is 5.02. The summed E-state index contributed by atoms with van der Waals surface area (Å²) >= 11 is 0. The van der Waals surface area contributed by atoms with Crippen LogP contribution in [0.1, 0.15) is 52.1 Å². The van der Waals surface area contributed by atoms with E-state index in [1.165, 1.54) is 18.5 Å². The van der Waals surface area contributed by atoms with Crippen LogP contribution >= 0.6 is 0 Å². The van der Waals surface area contributed by atoms with E-state index in [-0.39, 0.29) is 0 Å². The molecular formula is C20H32N4. The van der Waals surface area contributed by atoms with Crippen LogP contribution in [0.15, 0.2) is 37.8 Å². The fourth-order valence-corrected chi connectivity index (χ4v) is 3.40. The Labute approximate surface area is 146 Å². The highest BCUT2D eigenvalue weighted by Gasteiger charge is 2.23. The number of rotatable bonds is 7. The van der Waals surface area contributed by atoms with Gasteiger partial charge in [0.15, 0.2) is 0 Å². The quantitative estimate of drug-likeness (QED) is 0.738. The lowest BCUT2D eigenvalue weighted by molar-refractivity contribution is 0.209. The van der Waals surface area contributed by atoms with Crippen molar-refractivity contribution in [2.75, 3.05) is 18.4 Å². The molecule has 0 saturated carbocycles. The van der Waals surface area contributed by atoms with Crippen LogP contribution < -0.4 is 5.32 Å². The molecule has 0 atom stereocenters. The third-order valence-electron chi connectivity index (χ3n) is 4.58. The van der Waals surface area contributed by atoms with Crippen molar-refractivity contribution in [2.45, 2.75) is 46.5 Å². The molecule has 4 heteroatoms. The van der Waals surface area contributed by atoms with Crippen molar-refractivity contribution in [1.82, 2.24) is 15.1 Å². The Balaban J connectivity index is 1.84. The molecule has 1 saturated heterocycles. The number of aromatic amines is 1. The molecule has 1 aromatic rings. The van der Waals surface area contributed by atoms with Crippen molar-refractivity contribution in [3.05, 3.63) is 43.5 Å².